The van der Waals surface area contributed by atoms with Gasteiger partial charge in [0.25, 0.3) is 5.91 Å². The Kier molecular flexibility index (Phi) is 6.99. The molecule has 1 fully saturated rings. The molecule has 6 N–H and O–H groups in total. The molecule has 1 aliphatic heterocycles. The fourth-order valence-corrected chi connectivity index (χ4v) is 7.78. The zero-order chi connectivity index (χ0) is 30.3. The highest BCUT2D eigenvalue weighted by atomic mass is 16.3. The number of nitrogens with zero attached hydrogens (tertiary/aromatic N) is 3. The number of ketones is 2. The number of carbonyl (C=O) groups excluding carboxylic acids is 3. The maximum Gasteiger partial charge on any atom is 0.255 e. The van der Waals surface area contributed by atoms with Crippen LogP contribution in [0, 0.1) is 17.8 Å². The van der Waals surface area contributed by atoms with Crippen molar-refractivity contribution in [1.82, 2.24) is 9.80 Å². The van der Waals surface area contributed by atoms with E-state index in [9.17, 15) is 34.8 Å². The topological polar surface area (TPSA) is 168 Å². The highest BCUT2D eigenvalue weighted by Crippen LogP contribution is 2.55. The molecule has 5 atom stereocenters. The fourth-order valence-electron chi connectivity index (χ4n) is 7.78. The smallest absolute Gasteiger partial charge is 0.255 e. The second-order valence-electron chi connectivity index (χ2n) is 12.7. The normalized spacial score (nSPS) is 29.7. The number of aromatic hydroxyl groups is 1. The van der Waals surface area contributed by atoms with Gasteiger partial charge >= 0.3 is 0 Å². The molecule has 3 aliphatic carbocycles. The van der Waals surface area contributed by atoms with Crippen LogP contribution in [0.3, 0.4) is 0 Å². The zero-order valence-corrected chi connectivity index (χ0v) is 24.4. The molecule has 0 radical (unpaired) electrons. The highest BCUT2D eigenvalue weighted by Gasteiger charge is 2.64. The van der Waals surface area contributed by atoms with Gasteiger partial charge in [0.1, 0.15) is 22.8 Å². The number of hydrogen-bond acceptors (Lipinski definition) is 10. The molecular formula is C30H40N4O7. The number of hydrogen-bond donors (Lipinski definition) is 5. The van der Waals surface area contributed by atoms with Crippen molar-refractivity contribution < 1.29 is 34.8 Å². The number of rotatable bonds is 5. The Morgan fingerprint density at radius 1 is 1.20 bits per heavy atom. The predicted molar refractivity (Wildman–Crippen MR) is 152 cm³/mol. The van der Waals surface area contributed by atoms with E-state index in [1.54, 1.807) is 20.2 Å². The lowest BCUT2D eigenvalue weighted by Gasteiger charge is -2.50. The van der Waals surface area contributed by atoms with E-state index in [4.69, 9.17) is 5.73 Å². The third-order valence-electron chi connectivity index (χ3n) is 9.39. The second kappa shape index (κ2) is 9.85. The maximum absolute atomic E-state index is 14.1. The first-order valence-electron chi connectivity index (χ1n) is 14.1. The molecule has 0 aromatic heterocycles. The molecule has 1 aromatic rings. The summed E-state index contributed by atoms with van der Waals surface area (Å²) in [5.74, 6) is -6.00. The summed E-state index contributed by atoms with van der Waals surface area (Å²) in [6, 6.07) is 0.591. The minimum absolute atomic E-state index is 0.0498. The van der Waals surface area contributed by atoms with Gasteiger partial charge in [0.2, 0.25) is 5.78 Å². The van der Waals surface area contributed by atoms with Crippen LogP contribution in [0.5, 0.6) is 5.75 Å². The molecule has 11 heteroatoms. The molecular weight excluding hydrogens is 528 g/mol. The Bertz CT molecular complexity index is 1410. The fraction of sp³-hybridized carbons (Fsp3) is 0.567. The third kappa shape index (κ3) is 4.08. The highest BCUT2D eigenvalue weighted by molar-refractivity contribution is 6.24. The molecule has 1 amide bonds. The van der Waals surface area contributed by atoms with Gasteiger partial charge in [-0.3, -0.25) is 24.2 Å². The summed E-state index contributed by atoms with van der Waals surface area (Å²) < 4.78 is 0. The predicted octanol–water partition coefficient (Wildman–Crippen LogP) is 1.43. The van der Waals surface area contributed by atoms with Crippen molar-refractivity contribution in [2.75, 3.05) is 46.2 Å². The molecule has 11 nitrogen and oxygen atoms in total. The number of aliphatic hydroxyl groups excluding tert-OH is 2. The molecule has 0 saturated heterocycles. The van der Waals surface area contributed by atoms with Crippen LogP contribution >= 0.6 is 0 Å². The van der Waals surface area contributed by atoms with E-state index >= 15 is 0 Å². The molecule has 1 saturated carbocycles. The lowest BCUT2D eigenvalue weighted by atomic mass is 9.57. The zero-order valence-electron chi connectivity index (χ0n) is 24.4. The molecule has 5 rings (SSSR count). The van der Waals surface area contributed by atoms with Crippen molar-refractivity contribution in [2.45, 2.75) is 50.8 Å². The van der Waals surface area contributed by atoms with E-state index in [0.717, 1.165) is 30.8 Å². The van der Waals surface area contributed by atoms with Crippen LogP contribution in [0.1, 0.15) is 49.4 Å². The number of amides is 1. The van der Waals surface area contributed by atoms with Crippen molar-refractivity contribution in [3.63, 3.8) is 0 Å². The third-order valence-corrected chi connectivity index (χ3v) is 9.39. The average Bonchev–Trinajstić information content (AvgIpc) is 2.85. The Morgan fingerprint density at radius 3 is 2.44 bits per heavy atom. The van der Waals surface area contributed by atoms with Crippen molar-refractivity contribution in [3.8, 4) is 5.75 Å². The van der Waals surface area contributed by atoms with Crippen molar-refractivity contribution in [2.24, 2.45) is 23.5 Å². The number of anilines is 1. The Labute approximate surface area is 239 Å². The van der Waals surface area contributed by atoms with Gasteiger partial charge in [0.15, 0.2) is 11.4 Å². The van der Waals surface area contributed by atoms with Crippen LogP contribution < -0.4 is 10.6 Å². The molecule has 41 heavy (non-hydrogen) atoms. The summed E-state index contributed by atoms with van der Waals surface area (Å²) in [5.41, 5.74) is 4.46. The average molecular weight is 569 g/mol. The molecule has 1 aromatic carbocycles. The van der Waals surface area contributed by atoms with Gasteiger partial charge < -0.3 is 31.1 Å². The molecule has 1 unspecified atom stereocenters. The summed E-state index contributed by atoms with van der Waals surface area (Å²) in [7, 11) is 7.20. The van der Waals surface area contributed by atoms with Crippen molar-refractivity contribution >= 4 is 28.9 Å². The number of aliphatic hydroxyl groups is 3. The van der Waals surface area contributed by atoms with Gasteiger partial charge in [-0.05, 0) is 69.4 Å². The molecule has 1 heterocycles. The number of carbonyl (C=O) groups is 3. The van der Waals surface area contributed by atoms with Crippen molar-refractivity contribution in [3.05, 3.63) is 39.7 Å². The number of Topliss-reactive ketones (excluding diaryl/α,β-unsaturated/α-hetero) is 2. The first-order valence-corrected chi connectivity index (χ1v) is 14.1. The van der Waals surface area contributed by atoms with Gasteiger partial charge in [-0.15, -0.1) is 0 Å². The van der Waals surface area contributed by atoms with Crippen LogP contribution in [0.4, 0.5) is 5.69 Å². The van der Waals surface area contributed by atoms with E-state index in [-0.39, 0.29) is 35.8 Å². The quantitative estimate of drug-likeness (QED) is 0.328. The standard InChI is InChI=1S/C30H40N4O7/c1-13(2)12-34(6)18-7-8-33(5)23-15(18)11-19(35)21-16(23)9-14-10-17-24(32(3)4)26(37)22(29(31)40)28(39)30(17,41)27(38)20(14)25(21)36/h11,13-14,17-18,24,35-36,39,41H,7-10,12H2,1-6H3,(H2,31,40)/t14-,17-,18?,24+,30-/m0/s1. The molecule has 4 aliphatic rings. The Hall–Kier alpha value is -3.41. The lowest BCUT2D eigenvalue weighted by Crippen LogP contribution is -2.65. The van der Waals surface area contributed by atoms with E-state index in [1.165, 1.54) is 4.90 Å². The summed E-state index contributed by atoms with van der Waals surface area (Å²) >= 11 is 0. The molecule has 0 spiro atoms. The minimum Gasteiger partial charge on any atom is -0.508 e. The first-order chi connectivity index (χ1) is 19.1. The number of benzene rings is 1. The Balaban J connectivity index is 1.70. The first kappa shape index (κ1) is 29.1. The summed E-state index contributed by atoms with van der Waals surface area (Å²) in [4.78, 5) is 45.4. The largest absolute Gasteiger partial charge is 0.508 e. The maximum atomic E-state index is 14.1. The minimum atomic E-state index is -2.64. The number of phenols is 1. The number of fused-ring (bicyclic) bond motifs is 5. The Morgan fingerprint density at radius 2 is 1.85 bits per heavy atom. The van der Waals surface area contributed by atoms with Crippen LogP contribution in [-0.4, -0.2) is 101 Å². The van der Waals surface area contributed by atoms with Gasteiger partial charge in [-0.2, -0.15) is 0 Å². The number of phenolic OH excluding ortho intramolecular Hbond substituents is 1. The number of nitrogens with two attached hydrogens (primary N) is 1. The molecule has 222 valence electrons. The summed E-state index contributed by atoms with van der Waals surface area (Å²) in [6.07, 6.45) is 1.20. The van der Waals surface area contributed by atoms with Crippen molar-refractivity contribution in [1.29, 1.82) is 0 Å². The monoisotopic (exact) mass is 568 g/mol. The van der Waals surface area contributed by atoms with Crippen LogP contribution in [0.2, 0.25) is 0 Å². The second-order valence-corrected chi connectivity index (χ2v) is 12.7. The summed E-state index contributed by atoms with van der Waals surface area (Å²) in [6.45, 7) is 5.92. The van der Waals surface area contributed by atoms with Crippen LogP contribution in [0.25, 0.3) is 5.76 Å². The van der Waals surface area contributed by atoms with Gasteiger partial charge in [0.05, 0.1) is 11.6 Å². The SMILES string of the molecule is CC(C)CN(C)C1CCN(C)c2c1cc(O)c1c2C[C@H]2C[C@H]3[C@@H](N(C)C)C(=O)C(C(N)=O)=C(O)[C@@]3(O)C(=O)C2=C1O. The number of primary amides is 1. The van der Waals surface area contributed by atoms with Gasteiger partial charge in [-0.1, -0.05) is 13.8 Å². The van der Waals surface area contributed by atoms with E-state index in [2.05, 4.69) is 30.7 Å². The van der Waals surface area contributed by atoms with Gasteiger partial charge in [-0.25, -0.2) is 0 Å². The van der Waals surface area contributed by atoms with E-state index in [1.807, 2.05) is 7.05 Å². The van der Waals surface area contributed by atoms with Gasteiger partial charge in [0, 0.05) is 43.4 Å². The van der Waals surface area contributed by atoms with E-state index < -0.39 is 58.0 Å². The van der Waals surface area contributed by atoms with E-state index in [0.29, 0.717) is 11.5 Å². The number of likely N-dealkylation sites (N-methyl/N-ethyl adjacent to an activating group) is 1. The lowest BCUT2D eigenvalue weighted by molar-refractivity contribution is -0.153. The van der Waals surface area contributed by atoms with Crippen LogP contribution in [-0.2, 0) is 20.8 Å². The molecule has 0 bridgehead atoms. The van der Waals surface area contributed by atoms with Crippen LogP contribution in [0.15, 0.2) is 23.0 Å². The summed E-state index contributed by atoms with van der Waals surface area (Å²) in [5, 5.41) is 45.6.